The largest absolute Gasteiger partial charge is 0.491 e. The SMILES string of the molecule is CCCOc1ccc(C(=O)NCCCO)cc1N. The summed E-state index contributed by atoms with van der Waals surface area (Å²) >= 11 is 0. The summed E-state index contributed by atoms with van der Waals surface area (Å²) in [5, 5.41) is 11.3. The van der Waals surface area contributed by atoms with Gasteiger partial charge in [0.05, 0.1) is 12.3 Å². The van der Waals surface area contributed by atoms with Crippen molar-refractivity contribution < 1.29 is 14.6 Å². The van der Waals surface area contributed by atoms with Gasteiger partial charge >= 0.3 is 0 Å². The van der Waals surface area contributed by atoms with Gasteiger partial charge in [0, 0.05) is 18.7 Å². The van der Waals surface area contributed by atoms with Gasteiger partial charge in [-0.3, -0.25) is 4.79 Å². The Kier molecular flexibility index (Phi) is 6.00. The van der Waals surface area contributed by atoms with Crippen LogP contribution in [0.15, 0.2) is 18.2 Å². The second-order valence-corrected chi connectivity index (χ2v) is 3.93. The van der Waals surface area contributed by atoms with E-state index in [1.165, 1.54) is 0 Å². The zero-order valence-electron chi connectivity index (χ0n) is 10.6. The summed E-state index contributed by atoms with van der Waals surface area (Å²) in [5.74, 6) is 0.404. The Balaban J connectivity index is 2.62. The quantitative estimate of drug-likeness (QED) is 0.502. The predicted octanol–water partition coefficient (Wildman–Crippen LogP) is 1.17. The molecular weight excluding hydrogens is 232 g/mol. The van der Waals surface area contributed by atoms with Crippen molar-refractivity contribution in [2.45, 2.75) is 19.8 Å². The molecule has 0 saturated carbocycles. The van der Waals surface area contributed by atoms with Gasteiger partial charge in [-0.05, 0) is 31.0 Å². The summed E-state index contributed by atoms with van der Waals surface area (Å²) in [7, 11) is 0. The Labute approximate surface area is 107 Å². The lowest BCUT2D eigenvalue weighted by Crippen LogP contribution is -2.25. The second kappa shape index (κ2) is 7.55. The molecule has 0 spiro atoms. The maximum absolute atomic E-state index is 11.7. The minimum Gasteiger partial charge on any atom is -0.491 e. The minimum atomic E-state index is -0.197. The number of nitrogens with one attached hydrogen (secondary N) is 1. The molecule has 5 heteroatoms. The normalized spacial score (nSPS) is 10.1. The molecule has 5 nitrogen and oxygen atoms in total. The first-order chi connectivity index (χ1) is 8.69. The monoisotopic (exact) mass is 252 g/mol. The fourth-order valence-electron chi connectivity index (χ4n) is 1.42. The lowest BCUT2D eigenvalue weighted by Gasteiger charge is -2.09. The molecule has 1 aromatic rings. The van der Waals surface area contributed by atoms with Gasteiger partial charge in [-0.15, -0.1) is 0 Å². The van der Waals surface area contributed by atoms with Crippen molar-refractivity contribution in [3.8, 4) is 5.75 Å². The topological polar surface area (TPSA) is 84.6 Å². The lowest BCUT2D eigenvalue weighted by molar-refractivity contribution is 0.0951. The maximum atomic E-state index is 11.7. The first-order valence-corrected chi connectivity index (χ1v) is 6.10. The van der Waals surface area contributed by atoms with Gasteiger partial charge in [0.1, 0.15) is 5.75 Å². The molecule has 1 aromatic carbocycles. The van der Waals surface area contributed by atoms with Gasteiger partial charge in [-0.1, -0.05) is 6.92 Å². The molecule has 0 unspecified atom stereocenters. The number of hydrogen-bond acceptors (Lipinski definition) is 4. The number of benzene rings is 1. The van der Waals surface area contributed by atoms with Crippen LogP contribution in [0.2, 0.25) is 0 Å². The van der Waals surface area contributed by atoms with Crippen molar-refractivity contribution in [3.63, 3.8) is 0 Å². The van der Waals surface area contributed by atoms with Crippen LogP contribution < -0.4 is 15.8 Å². The van der Waals surface area contributed by atoms with Crippen LogP contribution in [0, 0.1) is 0 Å². The summed E-state index contributed by atoms with van der Waals surface area (Å²) in [6.45, 7) is 3.13. The Morgan fingerprint density at radius 2 is 2.28 bits per heavy atom. The zero-order chi connectivity index (χ0) is 13.4. The molecule has 0 atom stereocenters. The summed E-state index contributed by atoms with van der Waals surface area (Å²) in [6.07, 6.45) is 1.45. The Morgan fingerprint density at radius 1 is 1.50 bits per heavy atom. The smallest absolute Gasteiger partial charge is 0.251 e. The van der Waals surface area contributed by atoms with Crippen LogP contribution in [-0.2, 0) is 0 Å². The fourth-order valence-corrected chi connectivity index (χ4v) is 1.42. The Bertz CT molecular complexity index is 394. The van der Waals surface area contributed by atoms with E-state index in [2.05, 4.69) is 5.32 Å². The number of carbonyl (C=O) groups is 1. The van der Waals surface area contributed by atoms with Gasteiger partial charge in [-0.2, -0.15) is 0 Å². The van der Waals surface area contributed by atoms with Crippen molar-refractivity contribution in [2.75, 3.05) is 25.5 Å². The number of carbonyl (C=O) groups excluding carboxylic acids is 1. The van der Waals surface area contributed by atoms with E-state index < -0.39 is 0 Å². The van der Waals surface area contributed by atoms with Gasteiger partial charge < -0.3 is 20.9 Å². The van der Waals surface area contributed by atoms with Crippen LogP contribution in [-0.4, -0.2) is 30.8 Å². The molecule has 0 aliphatic rings. The number of ether oxygens (including phenoxy) is 1. The molecule has 0 heterocycles. The maximum Gasteiger partial charge on any atom is 0.251 e. The van der Waals surface area contributed by atoms with Crippen molar-refractivity contribution >= 4 is 11.6 Å². The van der Waals surface area contributed by atoms with E-state index in [4.69, 9.17) is 15.6 Å². The summed E-state index contributed by atoms with van der Waals surface area (Å²) < 4.78 is 5.43. The van der Waals surface area contributed by atoms with Crippen molar-refractivity contribution in [2.24, 2.45) is 0 Å². The van der Waals surface area contributed by atoms with E-state index >= 15 is 0 Å². The molecule has 1 amide bonds. The molecule has 0 aliphatic heterocycles. The zero-order valence-corrected chi connectivity index (χ0v) is 10.6. The van der Waals surface area contributed by atoms with E-state index in [0.29, 0.717) is 36.6 Å². The molecule has 1 rings (SSSR count). The number of amides is 1. The minimum absolute atomic E-state index is 0.0617. The average Bonchev–Trinajstić information content (AvgIpc) is 2.37. The number of nitrogen functional groups attached to an aromatic ring is 1. The molecule has 100 valence electrons. The van der Waals surface area contributed by atoms with Crippen molar-refractivity contribution in [1.82, 2.24) is 5.32 Å². The number of nitrogens with two attached hydrogens (primary N) is 1. The van der Waals surface area contributed by atoms with Gasteiger partial charge in [0.25, 0.3) is 5.91 Å². The highest BCUT2D eigenvalue weighted by Crippen LogP contribution is 2.22. The van der Waals surface area contributed by atoms with Crippen molar-refractivity contribution in [3.05, 3.63) is 23.8 Å². The van der Waals surface area contributed by atoms with Crippen LogP contribution in [0.5, 0.6) is 5.75 Å². The summed E-state index contributed by atoms with van der Waals surface area (Å²) in [5.41, 5.74) is 6.76. The van der Waals surface area contributed by atoms with Crippen LogP contribution in [0.4, 0.5) is 5.69 Å². The third-order valence-electron chi connectivity index (χ3n) is 2.35. The molecule has 0 radical (unpaired) electrons. The first kappa shape index (κ1) is 14.3. The fraction of sp³-hybridized carbons (Fsp3) is 0.462. The standard InChI is InChI=1S/C13H20N2O3/c1-2-8-18-12-5-4-10(9-11(12)14)13(17)15-6-3-7-16/h4-5,9,16H,2-3,6-8,14H2,1H3,(H,15,17). The molecule has 0 fully saturated rings. The molecule has 0 aliphatic carbocycles. The van der Waals surface area contributed by atoms with E-state index in [-0.39, 0.29) is 12.5 Å². The van der Waals surface area contributed by atoms with E-state index in [9.17, 15) is 4.79 Å². The summed E-state index contributed by atoms with van der Waals surface area (Å²) in [4.78, 5) is 11.7. The van der Waals surface area contributed by atoms with Crippen LogP contribution >= 0.6 is 0 Å². The Hall–Kier alpha value is -1.75. The number of aliphatic hydroxyl groups excluding tert-OH is 1. The van der Waals surface area contributed by atoms with E-state index in [1.807, 2.05) is 6.92 Å². The second-order valence-electron chi connectivity index (χ2n) is 3.93. The highest BCUT2D eigenvalue weighted by molar-refractivity contribution is 5.95. The number of hydrogen-bond donors (Lipinski definition) is 3. The molecule has 0 saturated heterocycles. The first-order valence-electron chi connectivity index (χ1n) is 6.10. The average molecular weight is 252 g/mol. The molecule has 4 N–H and O–H groups in total. The van der Waals surface area contributed by atoms with Crippen LogP contribution in [0.3, 0.4) is 0 Å². The van der Waals surface area contributed by atoms with Gasteiger partial charge in [0.2, 0.25) is 0 Å². The Morgan fingerprint density at radius 3 is 2.89 bits per heavy atom. The lowest BCUT2D eigenvalue weighted by atomic mass is 10.1. The van der Waals surface area contributed by atoms with E-state index in [0.717, 1.165) is 6.42 Å². The van der Waals surface area contributed by atoms with Crippen LogP contribution in [0.1, 0.15) is 30.1 Å². The predicted molar refractivity (Wildman–Crippen MR) is 70.7 cm³/mol. The third kappa shape index (κ3) is 4.25. The number of rotatable bonds is 7. The van der Waals surface area contributed by atoms with Crippen LogP contribution in [0.25, 0.3) is 0 Å². The van der Waals surface area contributed by atoms with Gasteiger partial charge in [0.15, 0.2) is 0 Å². The molecule has 0 aromatic heterocycles. The molecule has 18 heavy (non-hydrogen) atoms. The van der Waals surface area contributed by atoms with Gasteiger partial charge in [-0.25, -0.2) is 0 Å². The number of aliphatic hydroxyl groups is 1. The third-order valence-corrected chi connectivity index (χ3v) is 2.35. The highest BCUT2D eigenvalue weighted by Gasteiger charge is 2.08. The van der Waals surface area contributed by atoms with E-state index in [1.54, 1.807) is 18.2 Å². The molecular formula is C13H20N2O3. The van der Waals surface area contributed by atoms with Crippen molar-refractivity contribution in [1.29, 1.82) is 0 Å². The molecule has 0 bridgehead atoms. The summed E-state index contributed by atoms with van der Waals surface area (Å²) in [6, 6.07) is 4.97. The highest BCUT2D eigenvalue weighted by atomic mass is 16.5. The number of anilines is 1.